The lowest BCUT2D eigenvalue weighted by molar-refractivity contribution is 1.02. The second kappa shape index (κ2) is 554. The minimum absolute atomic E-state index is 1.88. The van der Waals surface area contributed by atoms with E-state index < -0.39 is 0 Å². The van der Waals surface area contributed by atoms with Crippen LogP contribution in [0.1, 0.15) is 0 Å². The quantitative estimate of drug-likeness (QED) is 0.455. The molecule has 0 fully saturated rings. The first-order chi connectivity index (χ1) is 3.41. The van der Waals surface area contributed by atoms with Crippen LogP contribution in [0.5, 0.6) is 0 Å². The lowest BCUT2D eigenvalue weighted by Crippen LogP contribution is -1.89. The number of nitrogens with one attached hydrogen (secondary N) is 1. The van der Waals surface area contributed by atoms with Crippen molar-refractivity contribution in [2.45, 2.75) is 0 Å². The van der Waals surface area contributed by atoms with E-state index in [1.165, 1.54) is 0 Å². The van der Waals surface area contributed by atoms with Crippen LogP contribution in [0.3, 0.4) is 0 Å². The minimum atomic E-state index is 1.88. The van der Waals surface area contributed by atoms with Crippen molar-refractivity contribution in [2.75, 3.05) is 14.1 Å². The van der Waals surface area contributed by atoms with Crippen molar-refractivity contribution in [3.63, 3.8) is 0 Å². The maximum absolute atomic E-state index is 3.00. The molecule has 0 bridgehead atoms. The highest BCUT2D eigenvalue weighted by Gasteiger charge is 1.25. The molecule has 0 amide bonds. The van der Waals surface area contributed by atoms with E-state index in [0.29, 0.717) is 0 Å². The highest BCUT2D eigenvalue weighted by molar-refractivity contribution is 4.22. The van der Waals surface area contributed by atoms with Crippen molar-refractivity contribution in [2.24, 2.45) is 0 Å². The van der Waals surface area contributed by atoms with E-state index in [2.05, 4.69) is 31.6 Å². The fourth-order valence-electron chi connectivity index (χ4n) is 0. The molecule has 0 atom stereocenters. The summed E-state index contributed by atoms with van der Waals surface area (Å²) in [4.78, 5) is 0. The molecule has 0 aromatic rings. The van der Waals surface area contributed by atoms with Crippen LogP contribution < -0.4 is 5.32 Å². The topological polar surface area (TPSA) is 12.0 Å². The largest absolute Gasteiger partial charge is 0.323 e. The van der Waals surface area contributed by atoms with Crippen molar-refractivity contribution in [3.8, 4) is 0 Å². The summed E-state index contributed by atoms with van der Waals surface area (Å²) < 4.78 is 0. The third-order valence-corrected chi connectivity index (χ3v) is 0. The molecule has 1 heteroatoms. The molecule has 7 heavy (non-hydrogen) atoms. The van der Waals surface area contributed by atoms with Crippen LogP contribution in [0, 0.1) is 0 Å². The van der Waals surface area contributed by atoms with Gasteiger partial charge in [0.2, 0.25) is 0 Å². The zero-order chi connectivity index (χ0) is 6.71. The number of rotatable bonds is 0. The highest BCUT2D eigenvalue weighted by Crippen LogP contribution is 0.981. The third kappa shape index (κ3) is 205. The molecule has 1 nitrogen and oxygen atoms in total. The molecule has 0 heterocycles. The van der Waals surface area contributed by atoms with Crippen LogP contribution in [0.4, 0.5) is 0 Å². The summed E-state index contributed by atoms with van der Waals surface area (Å²) >= 11 is 0. The molecule has 0 radical (unpaired) electrons. The molecular weight excluding hydrogens is 86.1 g/mol. The van der Waals surface area contributed by atoms with Gasteiger partial charge in [-0.25, -0.2) is 0 Å². The molecule has 0 spiro atoms. The third-order valence-electron chi connectivity index (χ3n) is 0. The van der Waals surface area contributed by atoms with Crippen LogP contribution in [-0.2, 0) is 0 Å². The van der Waals surface area contributed by atoms with Crippen molar-refractivity contribution in [1.82, 2.24) is 5.32 Å². The molecule has 0 aliphatic heterocycles. The lowest BCUT2D eigenvalue weighted by atomic mass is 11.3. The Bertz CT molecular complexity index is 11.7. The van der Waals surface area contributed by atoms with E-state index in [1.54, 1.807) is 0 Å². The Morgan fingerprint density at radius 1 is 0.857 bits per heavy atom. The monoisotopic (exact) mass is 101 g/mol. The van der Waals surface area contributed by atoms with Gasteiger partial charge in [-0.3, -0.25) is 0 Å². The minimum Gasteiger partial charge on any atom is -0.323 e. The average Bonchev–Trinajstić information content (AvgIpc) is 1.78. The van der Waals surface area contributed by atoms with Crippen LogP contribution >= 0.6 is 0 Å². The van der Waals surface area contributed by atoms with Gasteiger partial charge in [-0.1, -0.05) is 0 Å². The van der Waals surface area contributed by atoms with E-state index in [9.17, 15) is 0 Å². The first-order valence-electron chi connectivity index (χ1n) is 2.00. The standard InChI is InChI=1S/C2H7N.2C2H4/c1-3-2;2*1-2/h3H,1-2H3;2*1-2H2. The van der Waals surface area contributed by atoms with Gasteiger partial charge < -0.3 is 5.32 Å². The van der Waals surface area contributed by atoms with Crippen LogP contribution in [0.15, 0.2) is 26.3 Å². The highest BCUT2D eigenvalue weighted by atomic mass is 14.7. The summed E-state index contributed by atoms with van der Waals surface area (Å²) in [6.45, 7) is 12.0. The average molecular weight is 101 g/mol. The lowest BCUT2D eigenvalue weighted by Gasteiger charge is -1.59. The maximum atomic E-state index is 3.00. The number of hydrogen-bond acceptors (Lipinski definition) is 1. The Hall–Kier alpha value is -0.560. The Morgan fingerprint density at radius 3 is 0.857 bits per heavy atom. The predicted molar refractivity (Wildman–Crippen MR) is 37.5 cm³/mol. The Morgan fingerprint density at radius 2 is 0.857 bits per heavy atom. The van der Waals surface area contributed by atoms with E-state index in [0.717, 1.165) is 0 Å². The van der Waals surface area contributed by atoms with E-state index in [4.69, 9.17) is 0 Å². The van der Waals surface area contributed by atoms with Crippen molar-refractivity contribution < 1.29 is 0 Å². The smallest absolute Gasteiger partial charge is 0.0167 e. The summed E-state index contributed by atoms with van der Waals surface area (Å²) in [5.74, 6) is 0. The Labute approximate surface area is 46.7 Å². The van der Waals surface area contributed by atoms with Gasteiger partial charge in [-0.05, 0) is 14.1 Å². The molecule has 0 aliphatic rings. The van der Waals surface area contributed by atoms with Gasteiger partial charge >= 0.3 is 0 Å². The van der Waals surface area contributed by atoms with E-state index in [1.807, 2.05) is 14.1 Å². The van der Waals surface area contributed by atoms with Gasteiger partial charge in [0.1, 0.15) is 0 Å². The molecule has 0 aromatic heterocycles. The van der Waals surface area contributed by atoms with Gasteiger partial charge in [0.15, 0.2) is 0 Å². The van der Waals surface area contributed by atoms with Crippen molar-refractivity contribution >= 4 is 0 Å². The zero-order valence-corrected chi connectivity index (χ0v) is 5.33. The molecule has 1 N–H and O–H groups in total. The summed E-state index contributed by atoms with van der Waals surface area (Å²) in [5.41, 5.74) is 0. The molecule has 0 saturated heterocycles. The number of hydrogen-bond donors (Lipinski definition) is 1. The SMILES string of the molecule is C=C.C=C.CNC. The molecule has 0 rings (SSSR count). The fourth-order valence-corrected chi connectivity index (χ4v) is 0. The Balaban J connectivity index is -0.0000000360. The predicted octanol–water partition coefficient (Wildman–Crippen LogP) is 1.44. The van der Waals surface area contributed by atoms with Crippen LogP contribution in [0.25, 0.3) is 0 Å². The van der Waals surface area contributed by atoms with Crippen molar-refractivity contribution in [3.05, 3.63) is 26.3 Å². The summed E-state index contributed by atoms with van der Waals surface area (Å²) in [6, 6.07) is 0. The van der Waals surface area contributed by atoms with E-state index >= 15 is 0 Å². The second-order valence-corrected chi connectivity index (χ2v) is 0.500. The van der Waals surface area contributed by atoms with Crippen molar-refractivity contribution in [1.29, 1.82) is 0 Å². The van der Waals surface area contributed by atoms with Gasteiger partial charge in [-0.2, -0.15) is 0 Å². The van der Waals surface area contributed by atoms with Gasteiger partial charge in [0, 0.05) is 0 Å². The summed E-state index contributed by atoms with van der Waals surface area (Å²) in [7, 11) is 3.75. The first kappa shape index (κ1) is 16.1. The molecule has 44 valence electrons. The first-order valence-corrected chi connectivity index (χ1v) is 2.00. The van der Waals surface area contributed by atoms with Gasteiger partial charge in [-0.15, -0.1) is 26.3 Å². The summed E-state index contributed by atoms with van der Waals surface area (Å²) in [5, 5.41) is 2.75. The zero-order valence-electron chi connectivity index (χ0n) is 5.33. The molecule has 0 unspecified atom stereocenters. The Kier molecular flexibility index (Phi) is 1270. The van der Waals surface area contributed by atoms with Gasteiger partial charge in [0.25, 0.3) is 0 Å². The molecule has 0 aromatic carbocycles. The second-order valence-electron chi connectivity index (χ2n) is 0.500. The fraction of sp³-hybridized carbons (Fsp3) is 0.333. The normalized spacial score (nSPS) is 3.71. The molecular formula is C6H15N. The maximum Gasteiger partial charge on any atom is -0.0167 e. The van der Waals surface area contributed by atoms with E-state index in [-0.39, 0.29) is 0 Å². The van der Waals surface area contributed by atoms with Gasteiger partial charge in [0.05, 0.1) is 0 Å². The van der Waals surface area contributed by atoms with Crippen LogP contribution in [0.2, 0.25) is 0 Å². The molecule has 0 aliphatic carbocycles. The van der Waals surface area contributed by atoms with Crippen LogP contribution in [-0.4, -0.2) is 14.1 Å². The molecule has 0 saturated carbocycles. The summed E-state index contributed by atoms with van der Waals surface area (Å²) in [6.07, 6.45) is 0.